The number of benzene rings is 2. The molecule has 2 aromatic carbocycles. The van der Waals surface area contributed by atoms with Gasteiger partial charge in [0, 0.05) is 30.3 Å². The van der Waals surface area contributed by atoms with Crippen molar-refractivity contribution in [3.05, 3.63) is 72.1 Å². The molecule has 0 amide bonds. The molecule has 4 aromatic rings. The van der Waals surface area contributed by atoms with Gasteiger partial charge in [-0.3, -0.25) is 4.98 Å². The molecule has 0 fully saturated rings. The zero-order valence-electron chi connectivity index (χ0n) is 20.8. The lowest BCUT2D eigenvalue weighted by Crippen LogP contribution is -2.23. The van der Waals surface area contributed by atoms with Gasteiger partial charge in [-0.05, 0) is 45.4 Å². The van der Waals surface area contributed by atoms with E-state index in [0.29, 0.717) is 41.6 Å². The van der Waals surface area contributed by atoms with Crippen molar-refractivity contribution in [2.45, 2.75) is 50.5 Å². The molecule has 0 aliphatic rings. The fourth-order valence-corrected chi connectivity index (χ4v) is 4.71. The Hall–Kier alpha value is -3.40. The highest BCUT2D eigenvalue weighted by Crippen LogP contribution is 2.29. The fraction of sp³-hybridized carbons (Fsp3) is 0.296. The third-order valence-corrected chi connectivity index (χ3v) is 7.99. The lowest BCUT2D eigenvalue weighted by Gasteiger charge is -2.09. The van der Waals surface area contributed by atoms with Gasteiger partial charge in [-0.25, -0.2) is 13.4 Å². The molecule has 1 atom stereocenters. The van der Waals surface area contributed by atoms with Crippen LogP contribution in [0.15, 0.2) is 70.2 Å². The van der Waals surface area contributed by atoms with Crippen LogP contribution in [0.3, 0.4) is 0 Å². The van der Waals surface area contributed by atoms with Crippen molar-refractivity contribution < 1.29 is 18.0 Å². The van der Waals surface area contributed by atoms with Crippen molar-refractivity contribution in [3.63, 3.8) is 0 Å². The van der Waals surface area contributed by atoms with Crippen LogP contribution in [0.25, 0.3) is 34.0 Å². The molecule has 188 valence electrons. The number of rotatable bonds is 9. The predicted octanol–water partition coefficient (Wildman–Crippen LogP) is 4.43. The summed E-state index contributed by atoms with van der Waals surface area (Å²) in [6.07, 6.45) is 1.27. The number of hydrogen-bond acceptors (Lipinski definition) is 8. The van der Waals surface area contributed by atoms with E-state index in [2.05, 4.69) is 15.5 Å². The second-order valence-corrected chi connectivity index (χ2v) is 11.6. The lowest BCUT2D eigenvalue weighted by atomic mass is 10.1. The second kappa shape index (κ2) is 10.7. The third kappa shape index (κ3) is 5.70. The first-order chi connectivity index (χ1) is 17.1. The number of aryl methyl sites for hydroxylation is 1. The van der Waals surface area contributed by atoms with Gasteiger partial charge in [0.1, 0.15) is 11.4 Å². The van der Waals surface area contributed by atoms with Crippen molar-refractivity contribution in [2.24, 2.45) is 0 Å². The van der Waals surface area contributed by atoms with E-state index in [0.717, 1.165) is 16.7 Å². The Morgan fingerprint density at radius 2 is 1.61 bits per heavy atom. The maximum Gasteiger partial charge on any atom is 0.187 e. The Labute approximate surface area is 211 Å². The molecule has 2 heterocycles. The van der Waals surface area contributed by atoms with Gasteiger partial charge in [0.2, 0.25) is 0 Å². The van der Waals surface area contributed by atoms with E-state index in [1.165, 1.54) is 0 Å². The Kier molecular flexibility index (Phi) is 7.63. The standard InChI is InChI=1S/C27H30N4O4S/c1-17(2)36(33,34)23-11-9-22(10-12-23)25-16-29-19(4)27(30-25)26-13-24(31-35-26)21-7-5-20(6-8-21)15-28-14-18(3)32/h5-13,16-18,28,32H,14-15H2,1-4H3. The summed E-state index contributed by atoms with van der Waals surface area (Å²) in [6.45, 7) is 8.13. The topological polar surface area (TPSA) is 118 Å². The molecule has 2 aromatic heterocycles. The summed E-state index contributed by atoms with van der Waals surface area (Å²) in [6, 6.07) is 16.5. The minimum Gasteiger partial charge on any atom is -0.392 e. The molecule has 0 saturated heterocycles. The van der Waals surface area contributed by atoms with Crippen LogP contribution in [0.5, 0.6) is 0 Å². The second-order valence-electron chi connectivity index (χ2n) is 9.06. The zero-order chi connectivity index (χ0) is 25.9. The Balaban J connectivity index is 1.55. The first-order valence-electron chi connectivity index (χ1n) is 11.8. The SMILES string of the molecule is Cc1ncc(-c2ccc(S(=O)(=O)C(C)C)cc2)nc1-c1cc(-c2ccc(CNCC(C)O)cc2)no1. The third-order valence-electron chi connectivity index (χ3n) is 5.82. The average Bonchev–Trinajstić information content (AvgIpc) is 3.34. The number of aliphatic hydroxyl groups is 1. The minimum absolute atomic E-state index is 0.283. The largest absolute Gasteiger partial charge is 0.392 e. The van der Waals surface area contributed by atoms with Gasteiger partial charge >= 0.3 is 0 Å². The van der Waals surface area contributed by atoms with E-state index in [4.69, 9.17) is 9.51 Å². The molecule has 9 heteroatoms. The van der Waals surface area contributed by atoms with Gasteiger partial charge in [-0.2, -0.15) is 0 Å². The molecule has 0 aliphatic carbocycles. The number of hydrogen-bond donors (Lipinski definition) is 2. The van der Waals surface area contributed by atoms with Crippen LogP contribution in [-0.4, -0.2) is 46.5 Å². The summed E-state index contributed by atoms with van der Waals surface area (Å²) in [5, 5.41) is 16.3. The quantitative estimate of drug-likeness (QED) is 0.342. The van der Waals surface area contributed by atoms with E-state index >= 15 is 0 Å². The number of sulfone groups is 1. The minimum atomic E-state index is -3.34. The van der Waals surface area contributed by atoms with Crippen LogP contribution in [0.1, 0.15) is 32.0 Å². The van der Waals surface area contributed by atoms with Gasteiger partial charge in [0.05, 0.1) is 33.8 Å². The zero-order valence-corrected chi connectivity index (χ0v) is 21.6. The van der Waals surface area contributed by atoms with Crippen LogP contribution in [0, 0.1) is 6.92 Å². The summed E-state index contributed by atoms with van der Waals surface area (Å²) >= 11 is 0. The van der Waals surface area contributed by atoms with Gasteiger partial charge in [-0.1, -0.05) is 41.6 Å². The predicted molar refractivity (Wildman–Crippen MR) is 139 cm³/mol. The van der Waals surface area contributed by atoms with E-state index in [1.807, 2.05) is 37.3 Å². The Morgan fingerprint density at radius 3 is 2.25 bits per heavy atom. The number of nitrogens with zero attached hydrogens (tertiary/aromatic N) is 3. The summed E-state index contributed by atoms with van der Waals surface area (Å²) in [5.74, 6) is 0.499. The normalized spacial score (nSPS) is 12.7. The molecule has 0 bridgehead atoms. The summed E-state index contributed by atoms with van der Waals surface area (Å²) < 4.78 is 30.4. The van der Waals surface area contributed by atoms with Crippen LogP contribution < -0.4 is 5.32 Å². The Morgan fingerprint density at radius 1 is 0.972 bits per heavy atom. The molecular weight excluding hydrogens is 476 g/mol. The van der Waals surface area contributed by atoms with Crippen molar-refractivity contribution in [2.75, 3.05) is 6.54 Å². The molecule has 0 spiro atoms. The molecule has 0 saturated carbocycles. The van der Waals surface area contributed by atoms with E-state index < -0.39 is 15.1 Å². The van der Waals surface area contributed by atoms with E-state index in [9.17, 15) is 13.5 Å². The summed E-state index contributed by atoms with van der Waals surface area (Å²) in [4.78, 5) is 9.49. The molecule has 1 unspecified atom stereocenters. The highest BCUT2D eigenvalue weighted by molar-refractivity contribution is 7.92. The summed E-state index contributed by atoms with van der Waals surface area (Å²) in [5.41, 5.74) is 5.33. The lowest BCUT2D eigenvalue weighted by molar-refractivity contribution is 0.191. The van der Waals surface area contributed by atoms with Gasteiger partial charge in [0.15, 0.2) is 15.6 Å². The molecule has 8 nitrogen and oxygen atoms in total. The van der Waals surface area contributed by atoms with Crippen molar-refractivity contribution >= 4 is 9.84 Å². The maximum absolute atomic E-state index is 12.4. The highest BCUT2D eigenvalue weighted by Gasteiger charge is 2.19. The van der Waals surface area contributed by atoms with Crippen LogP contribution >= 0.6 is 0 Å². The van der Waals surface area contributed by atoms with Crippen molar-refractivity contribution in [3.8, 4) is 34.0 Å². The molecule has 36 heavy (non-hydrogen) atoms. The number of aromatic nitrogens is 3. The van der Waals surface area contributed by atoms with E-state index in [1.54, 1.807) is 51.2 Å². The van der Waals surface area contributed by atoms with Crippen LogP contribution in [-0.2, 0) is 16.4 Å². The summed E-state index contributed by atoms with van der Waals surface area (Å²) in [7, 11) is -3.34. The van der Waals surface area contributed by atoms with E-state index in [-0.39, 0.29) is 11.0 Å². The number of aliphatic hydroxyl groups excluding tert-OH is 1. The van der Waals surface area contributed by atoms with Crippen LogP contribution in [0.2, 0.25) is 0 Å². The van der Waals surface area contributed by atoms with Crippen molar-refractivity contribution in [1.82, 2.24) is 20.4 Å². The average molecular weight is 507 g/mol. The maximum atomic E-state index is 12.4. The van der Waals surface area contributed by atoms with Gasteiger partial charge in [0.25, 0.3) is 0 Å². The van der Waals surface area contributed by atoms with Gasteiger partial charge < -0.3 is 14.9 Å². The van der Waals surface area contributed by atoms with Crippen LogP contribution in [0.4, 0.5) is 0 Å². The first kappa shape index (κ1) is 25.7. The highest BCUT2D eigenvalue weighted by atomic mass is 32.2. The van der Waals surface area contributed by atoms with Gasteiger partial charge in [-0.15, -0.1) is 0 Å². The number of nitrogens with one attached hydrogen (secondary N) is 1. The first-order valence-corrected chi connectivity index (χ1v) is 13.3. The molecule has 4 rings (SSSR count). The molecule has 0 radical (unpaired) electrons. The molecular formula is C27H30N4O4S. The molecule has 2 N–H and O–H groups in total. The fourth-order valence-electron chi connectivity index (χ4n) is 3.65. The monoisotopic (exact) mass is 506 g/mol. The molecule has 0 aliphatic heterocycles. The van der Waals surface area contributed by atoms with Crippen molar-refractivity contribution in [1.29, 1.82) is 0 Å². The smallest absolute Gasteiger partial charge is 0.187 e. The Bertz CT molecular complexity index is 1430.